The van der Waals surface area contributed by atoms with E-state index < -0.39 is 0 Å². The van der Waals surface area contributed by atoms with Crippen molar-refractivity contribution < 1.29 is 14.3 Å². The van der Waals surface area contributed by atoms with Gasteiger partial charge in [0.2, 0.25) is 0 Å². The summed E-state index contributed by atoms with van der Waals surface area (Å²) in [6.07, 6.45) is 5.70. The van der Waals surface area contributed by atoms with Crippen LogP contribution in [0.3, 0.4) is 0 Å². The Kier molecular flexibility index (Phi) is 4.84. The quantitative estimate of drug-likeness (QED) is 0.762. The highest BCUT2D eigenvalue weighted by Gasteiger charge is 2.20. The van der Waals surface area contributed by atoms with E-state index in [0.29, 0.717) is 13.0 Å². The van der Waals surface area contributed by atoms with E-state index in [1.807, 2.05) is 25.3 Å². The summed E-state index contributed by atoms with van der Waals surface area (Å²) in [5.74, 6) is -0.186. The average molecular weight is 366 g/mol. The summed E-state index contributed by atoms with van der Waals surface area (Å²) in [6, 6.07) is 6.14. The number of halogens is 1. The normalized spacial score (nSPS) is 18.5. The molecule has 1 aromatic carbocycles. The third kappa shape index (κ3) is 3.20. The highest BCUT2D eigenvalue weighted by atomic mass is 79.9. The molecule has 0 N–H and O–H groups in total. The molecule has 0 saturated carbocycles. The molecule has 1 unspecified atom stereocenters. The molecule has 0 bridgehead atoms. The summed E-state index contributed by atoms with van der Waals surface area (Å²) >= 11 is 3.53. The molecule has 4 nitrogen and oxygen atoms in total. The Labute approximate surface area is 138 Å². The van der Waals surface area contributed by atoms with E-state index in [1.54, 1.807) is 0 Å². The molecule has 1 atom stereocenters. The van der Waals surface area contributed by atoms with Crippen LogP contribution in [0.25, 0.3) is 10.9 Å². The third-order valence-corrected chi connectivity index (χ3v) is 4.48. The van der Waals surface area contributed by atoms with Gasteiger partial charge in [0.05, 0.1) is 18.5 Å². The molecule has 5 heteroatoms. The molecular weight excluding hydrogens is 346 g/mol. The molecule has 0 radical (unpaired) electrons. The second-order valence-corrected chi connectivity index (χ2v) is 6.44. The van der Waals surface area contributed by atoms with Crippen LogP contribution in [-0.4, -0.2) is 23.8 Å². The highest BCUT2D eigenvalue weighted by molar-refractivity contribution is 9.10. The molecule has 1 aromatic heterocycles. The summed E-state index contributed by atoms with van der Waals surface area (Å²) in [5, 5.41) is 1.09. The monoisotopic (exact) mass is 365 g/mol. The number of benzene rings is 1. The molecule has 3 rings (SSSR count). The number of carbonyl (C=O) groups is 1. The molecule has 0 amide bonds. The predicted octanol–water partition coefficient (Wildman–Crippen LogP) is 4.21. The minimum Gasteiger partial charge on any atom is -0.466 e. The Bertz CT molecular complexity index is 674. The van der Waals surface area contributed by atoms with Gasteiger partial charge in [0, 0.05) is 22.7 Å². The zero-order valence-electron chi connectivity index (χ0n) is 12.7. The van der Waals surface area contributed by atoms with Gasteiger partial charge in [0.15, 0.2) is 0 Å². The summed E-state index contributed by atoms with van der Waals surface area (Å²) < 4.78 is 14.2. The van der Waals surface area contributed by atoms with E-state index in [9.17, 15) is 4.79 Å². The third-order valence-electron chi connectivity index (χ3n) is 3.98. The molecule has 1 fully saturated rings. The fraction of sp³-hybridized carbons (Fsp3) is 0.471. The number of aromatic nitrogens is 1. The van der Waals surface area contributed by atoms with Gasteiger partial charge in [-0.2, -0.15) is 0 Å². The van der Waals surface area contributed by atoms with Crippen LogP contribution in [0.15, 0.2) is 28.9 Å². The summed E-state index contributed by atoms with van der Waals surface area (Å²) in [6.45, 7) is 3.04. The lowest BCUT2D eigenvalue weighted by Crippen LogP contribution is -2.17. The Morgan fingerprint density at radius 2 is 2.32 bits per heavy atom. The fourth-order valence-electron chi connectivity index (χ4n) is 2.99. The van der Waals surface area contributed by atoms with E-state index in [-0.39, 0.29) is 12.2 Å². The second kappa shape index (κ2) is 6.84. The first kappa shape index (κ1) is 15.6. The van der Waals surface area contributed by atoms with Gasteiger partial charge >= 0.3 is 5.97 Å². The van der Waals surface area contributed by atoms with Gasteiger partial charge < -0.3 is 14.0 Å². The van der Waals surface area contributed by atoms with Crippen LogP contribution >= 0.6 is 15.9 Å². The van der Waals surface area contributed by atoms with Crippen molar-refractivity contribution in [3.8, 4) is 0 Å². The summed E-state index contributed by atoms with van der Waals surface area (Å²) in [4.78, 5) is 11.8. The Morgan fingerprint density at radius 1 is 1.45 bits per heavy atom. The standard InChI is InChI=1S/C17H20BrNO3/c1-2-21-17(20)9-12-11-19(16-5-3-4-8-22-16)15-10-13(18)6-7-14(12)15/h6-7,10-11,16H,2-5,8-9H2,1H3. The molecule has 1 aliphatic heterocycles. The van der Waals surface area contributed by atoms with Crippen LogP contribution in [0.2, 0.25) is 0 Å². The maximum atomic E-state index is 11.8. The molecule has 1 saturated heterocycles. The van der Waals surface area contributed by atoms with Crippen molar-refractivity contribution in [3.63, 3.8) is 0 Å². The number of carbonyl (C=O) groups excluding carboxylic acids is 1. The van der Waals surface area contributed by atoms with E-state index >= 15 is 0 Å². The average Bonchev–Trinajstić information content (AvgIpc) is 2.86. The van der Waals surface area contributed by atoms with Crippen LogP contribution < -0.4 is 0 Å². The molecule has 2 aromatic rings. The predicted molar refractivity (Wildman–Crippen MR) is 88.8 cm³/mol. The van der Waals surface area contributed by atoms with Gasteiger partial charge in [-0.1, -0.05) is 22.0 Å². The molecule has 0 aliphatic carbocycles. The smallest absolute Gasteiger partial charge is 0.310 e. The second-order valence-electron chi connectivity index (χ2n) is 5.53. The van der Waals surface area contributed by atoms with Crippen LogP contribution in [0, 0.1) is 0 Å². The lowest BCUT2D eigenvalue weighted by atomic mass is 10.1. The highest BCUT2D eigenvalue weighted by Crippen LogP contribution is 2.32. The first-order valence-electron chi connectivity index (χ1n) is 7.75. The fourth-order valence-corrected chi connectivity index (χ4v) is 3.34. The first-order chi connectivity index (χ1) is 10.7. The number of rotatable bonds is 4. The molecule has 0 spiro atoms. The van der Waals surface area contributed by atoms with Gasteiger partial charge in [-0.3, -0.25) is 4.79 Å². The van der Waals surface area contributed by atoms with Crippen molar-refractivity contribution >= 4 is 32.8 Å². The Hall–Kier alpha value is -1.33. The van der Waals surface area contributed by atoms with E-state index in [1.165, 1.54) is 6.42 Å². The number of hydrogen-bond donors (Lipinski definition) is 0. The van der Waals surface area contributed by atoms with Gasteiger partial charge in [-0.25, -0.2) is 0 Å². The SMILES string of the molecule is CCOC(=O)Cc1cn(C2CCCCO2)c2cc(Br)ccc12. The number of ether oxygens (including phenoxy) is 2. The Morgan fingerprint density at radius 3 is 3.05 bits per heavy atom. The molecule has 22 heavy (non-hydrogen) atoms. The number of esters is 1. The lowest BCUT2D eigenvalue weighted by molar-refractivity contribution is -0.142. The van der Waals surface area contributed by atoms with E-state index in [0.717, 1.165) is 40.4 Å². The van der Waals surface area contributed by atoms with Crippen molar-refractivity contribution in [1.82, 2.24) is 4.57 Å². The minimum atomic E-state index is -0.186. The maximum absolute atomic E-state index is 11.8. The molecule has 1 aliphatic rings. The van der Waals surface area contributed by atoms with Gasteiger partial charge in [-0.15, -0.1) is 0 Å². The number of fused-ring (bicyclic) bond motifs is 1. The van der Waals surface area contributed by atoms with Crippen molar-refractivity contribution in [1.29, 1.82) is 0 Å². The maximum Gasteiger partial charge on any atom is 0.310 e. The van der Waals surface area contributed by atoms with Gasteiger partial charge in [0.25, 0.3) is 0 Å². The first-order valence-corrected chi connectivity index (χ1v) is 8.54. The lowest BCUT2D eigenvalue weighted by Gasteiger charge is -2.24. The number of nitrogens with zero attached hydrogens (tertiary/aromatic N) is 1. The zero-order chi connectivity index (χ0) is 15.5. The summed E-state index contributed by atoms with van der Waals surface area (Å²) in [7, 11) is 0. The van der Waals surface area contributed by atoms with Crippen molar-refractivity contribution in [3.05, 3.63) is 34.4 Å². The van der Waals surface area contributed by atoms with Crippen molar-refractivity contribution in [2.75, 3.05) is 13.2 Å². The topological polar surface area (TPSA) is 40.5 Å². The minimum absolute atomic E-state index is 0.0569. The zero-order valence-corrected chi connectivity index (χ0v) is 14.3. The van der Waals surface area contributed by atoms with E-state index in [4.69, 9.17) is 9.47 Å². The van der Waals surface area contributed by atoms with Gasteiger partial charge in [-0.05, 0) is 43.9 Å². The van der Waals surface area contributed by atoms with Crippen LogP contribution in [0.4, 0.5) is 0 Å². The molecule has 118 valence electrons. The van der Waals surface area contributed by atoms with Crippen molar-refractivity contribution in [2.45, 2.75) is 38.8 Å². The van der Waals surface area contributed by atoms with Crippen LogP contribution in [-0.2, 0) is 20.7 Å². The van der Waals surface area contributed by atoms with Crippen LogP contribution in [0.1, 0.15) is 38.0 Å². The number of hydrogen-bond acceptors (Lipinski definition) is 3. The molecule has 2 heterocycles. The van der Waals surface area contributed by atoms with E-state index in [2.05, 4.69) is 26.6 Å². The Balaban J connectivity index is 1.99. The molecular formula is C17H20BrNO3. The largest absolute Gasteiger partial charge is 0.466 e. The van der Waals surface area contributed by atoms with Gasteiger partial charge in [0.1, 0.15) is 6.23 Å². The summed E-state index contributed by atoms with van der Waals surface area (Å²) in [5.41, 5.74) is 2.09. The van der Waals surface area contributed by atoms with Crippen molar-refractivity contribution in [2.24, 2.45) is 0 Å². The van der Waals surface area contributed by atoms with Crippen LogP contribution in [0.5, 0.6) is 0 Å².